The Morgan fingerprint density at radius 2 is 1.62 bits per heavy atom. The second-order valence-corrected chi connectivity index (χ2v) is 6.25. The quantitative estimate of drug-likeness (QED) is 0.772. The molecule has 26 heavy (non-hydrogen) atoms. The fourth-order valence-corrected chi connectivity index (χ4v) is 3.37. The highest BCUT2D eigenvalue weighted by atomic mass is 16.5. The zero-order valence-corrected chi connectivity index (χ0v) is 14.1. The molecule has 1 aliphatic rings. The van der Waals surface area contributed by atoms with Crippen molar-refractivity contribution in [3.05, 3.63) is 92.3 Å². The Balaban J connectivity index is 1.63. The first-order valence-corrected chi connectivity index (χ1v) is 8.24. The van der Waals surface area contributed by atoms with E-state index >= 15 is 0 Å². The van der Waals surface area contributed by atoms with Crippen LogP contribution in [0.15, 0.2) is 64.3 Å². The molecule has 0 saturated carbocycles. The number of carbonyl (C=O) groups excluding carboxylic acids is 1. The highest BCUT2D eigenvalue weighted by Gasteiger charge is 2.29. The molecule has 1 heterocycles. The molecule has 0 unspecified atom stereocenters. The summed E-state index contributed by atoms with van der Waals surface area (Å²) in [6.07, 6.45) is 0.385. The molecule has 0 bridgehead atoms. The van der Waals surface area contributed by atoms with E-state index in [1.165, 1.54) is 13.1 Å². The van der Waals surface area contributed by atoms with Crippen LogP contribution >= 0.6 is 0 Å². The van der Waals surface area contributed by atoms with E-state index in [9.17, 15) is 14.4 Å². The molecule has 4 rings (SSSR count). The predicted molar refractivity (Wildman–Crippen MR) is 96.5 cm³/mol. The fourth-order valence-electron chi connectivity index (χ4n) is 3.37. The number of benzene rings is 2. The molecule has 0 radical (unpaired) electrons. The van der Waals surface area contributed by atoms with Crippen LogP contribution in [0.4, 0.5) is 4.79 Å². The second-order valence-electron chi connectivity index (χ2n) is 6.25. The van der Waals surface area contributed by atoms with Crippen LogP contribution < -0.4 is 11.2 Å². The van der Waals surface area contributed by atoms with Crippen LogP contribution in [-0.4, -0.2) is 22.3 Å². The van der Waals surface area contributed by atoms with Gasteiger partial charge in [-0.15, -0.1) is 0 Å². The van der Waals surface area contributed by atoms with Crippen LogP contribution in [-0.2, 0) is 4.74 Å². The van der Waals surface area contributed by atoms with Gasteiger partial charge in [-0.05, 0) is 29.2 Å². The molecule has 6 heteroatoms. The number of fused-ring (bicyclic) bond motifs is 3. The van der Waals surface area contributed by atoms with Crippen molar-refractivity contribution < 1.29 is 9.53 Å². The molecule has 3 aromatic rings. The molecule has 0 amide bonds. The number of hydrogen-bond donors (Lipinski definition) is 1. The Morgan fingerprint density at radius 3 is 2.23 bits per heavy atom. The number of carbonyl (C=O) groups is 1. The molecule has 0 aliphatic heterocycles. The lowest BCUT2D eigenvalue weighted by atomic mass is 9.98. The number of aryl methyl sites for hydroxylation is 1. The molecule has 130 valence electrons. The molecule has 1 aromatic heterocycles. The molecule has 0 spiro atoms. The van der Waals surface area contributed by atoms with Gasteiger partial charge in [0, 0.05) is 17.7 Å². The van der Waals surface area contributed by atoms with Gasteiger partial charge in [-0.3, -0.25) is 9.78 Å². The highest BCUT2D eigenvalue weighted by molar-refractivity contribution is 5.79. The third-order valence-electron chi connectivity index (χ3n) is 4.65. The fraction of sp³-hybridized carbons (Fsp3) is 0.150. The first-order valence-electron chi connectivity index (χ1n) is 8.24. The van der Waals surface area contributed by atoms with Gasteiger partial charge >= 0.3 is 11.8 Å². The molecule has 0 fully saturated rings. The summed E-state index contributed by atoms with van der Waals surface area (Å²) in [7, 11) is 0. The van der Waals surface area contributed by atoms with E-state index in [1.807, 2.05) is 48.5 Å². The van der Waals surface area contributed by atoms with E-state index in [4.69, 9.17) is 4.74 Å². The molecule has 0 atom stereocenters. The van der Waals surface area contributed by atoms with E-state index in [-0.39, 0.29) is 18.1 Å². The monoisotopic (exact) mass is 348 g/mol. The zero-order chi connectivity index (χ0) is 18.3. The van der Waals surface area contributed by atoms with Gasteiger partial charge < -0.3 is 4.74 Å². The molecule has 1 aliphatic carbocycles. The van der Waals surface area contributed by atoms with Crippen molar-refractivity contribution in [3.8, 4) is 11.1 Å². The topological polar surface area (TPSA) is 81.2 Å². The summed E-state index contributed by atoms with van der Waals surface area (Å²) >= 11 is 0. The highest BCUT2D eigenvalue weighted by Crippen LogP contribution is 2.44. The zero-order valence-electron chi connectivity index (χ0n) is 14.1. The third kappa shape index (κ3) is 2.56. The second kappa shape index (κ2) is 6.15. The van der Waals surface area contributed by atoms with Gasteiger partial charge in [0.25, 0.3) is 5.56 Å². The van der Waals surface area contributed by atoms with E-state index < -0.39 is 17.3 Å². The number of nitrogens with one attached hydrogen (secondary N) is 1. The van der Waals surface area contributed by atoms with Crippen LogP contribution in [0, 0.1) is 6.92 Å². The summed E-state index contributed by atoms with van der Waals surface area (Å²) in [6.45, 7) is 1.63. The van der Waals surface area contributed by atoms with Crippen molar-refractivity contribution in [2.24, 2.45) is 0 Å². The van der Waals surface area contributed by atoms with Gasteiger partial charge in [-0.25, -0.2) is 14.2 Å². The molecule has 1 N–H and O–H groups in total. The average Bonchev–Trinajstić information content (AvgIpc) is 2.97. The number of nitrogens with zero attached hydrogens (tertiary/aromatic N) is 1. The van der Waals surface area contributed by atoms with Crippen LogP contribution in [0.25, 0.3) is 11.1 Å². The molecule has 0 saturated heterocycles. The molecule has 6 nitrogen and oxygen atoms in total. The van der Waals surface area contributed by atoms with Gasteiger partial charge in [0.15, 0.2) is 0 Å². The maximum absolute atomic E-state index is 12.3. The number of aromatic amines is 1. The summed E-state index contributed by atoms with van der Waals surface area (Å²) in [4.78, 5) is 37.7. The lowest BCUT2D eigenvalue weighted by Gasteiger charge is -2.14. The Morgan fingerprint density at radius 1 is 1.04 bits per heavy atom. The first kappa shape index (κ1) is 16.1. The van der Waals surface area contributed by atoms with Crippen LogP contribution in [0.2, 0.25) is 0 Å². The summed E-state index contributed by atoms with van der Waals surface area (Å²) in [6, 6.07) is 16.0. The van der Waals surface area contributed by atoms with Gasteiger partial charge in [0.05, 0.1) is 0 Å². The van der Waals surface area contributed by atoms with E-state index in [2.05, 4.69) is 4.98 Å². The maximum atomic E-state index is 12.3. The van der Waals surface area contributed by atoms with Crippen molar-refractivity contribution in [1.82, 2.24) is 9.55 Å². The largest absolute Gasteiger partial charge is 0.448 e. The molecular weight excluding hydrogens is 332 g/mol. The minimum atomic E-state index is -0.809. The van der Waals surface area contributed by atoms with E-state index in [0.717, 1.165) is 26.8 Å². The van der Waals surface area contributed by atoms with Crippen molar-refractivity contribution in [1.29, 1.82) is 0 Å². The summed E-state index contributed by atoms with van der Waals surface area (Å²) in [5.41, 5.74) is 3.37. The SMILES string of the molecule is Cc1cn(C(=O)OCC2c3ccccc3-c3ccccc32)c(=O)[nH]c1=O. The van der Waals surface area contributed by atoms with Crippen LogP contribution in [0.1, 0.15) is 22.6 Å². The standard InChI is InChI=1S/C20H16N2O4/c1-12-10-22(19(24)21-18(12)23)20(25)26-11-17-15-8-4-2-6-13(15)14-7-3-5-9-16(14)17/h2-10,17H,11H2,1H3,(H,21,23,24). The lowest BCUT2D eigenvalue weighted by Crippen LogP contribution is -2.35. The smallest absolute Gasteiger partial charge is 0.422 e. The number of rotatable bonds is 2. The minimum absolute atomic E-state index is 0.0917. The lowest BCUT2D eigenvalue weighted by molar-refractivity contribution is 0.143. The van der Waals surface area contributed by atoms with Gasteiger partial charge in [-0.2, -0.15) is 0 Å². The maximum Gasteiger partial charge on any atom is 0.422 e. The molecular formula is C20H16N2O4. The van der Waals surface area contributed by atoms with Crippen molar-refractivity contribution in [2.45, 2.75) is 12.8 Å². The number of H-pyrrole nitrogens is 1. The van der Waals surface area contributed by atoms with Crippen molar-refractivity contribution in [3.63, 3.8) is 0 Å². The number of hydrogen-bond acceptors (Lipinski definition) is 4. The Kier molecular flexibility index (Phi) is 3.80. The summed E-state index contributed by atoms with van der Waals surface area (Å²) in [5, 5.41) is 0. The van der Waals surface area contributed by atoms with E-state index in [1.54, 1.807) is 0 Å². The van der Waals surface area contributed by atoms with Crippen LogP contribution in [0.5, 0.6) is 0 Å². The Hall–Kier alpha value is -3.41. The molecule has 2 aromatic carbocycles. The van der Waals surface area contributed by atoms with Gasteiger partial charge in [0.2, 0.25) is 0 Å². The minimum Gasteiger partial charge on any atom is -0.448 e. The van der Waals surface area contributed by atoms with Gasteiger partial charge in [0.1, 0.15) is 6.61 Å². The Bertz CT molecular complexity index is 1080. The van der Waals surface area contributed by atoms with Crippen molar-refractivity contribution in [2.75, 3.05) is 6.61 Å². The number of ether oxygens (including phenoxy) is 1. The van der Waals surface area contributed by atoms with Gasteiger partial charge in [-0.1, -0.05) is 48.5 Å². The normalized spacial score (nSPS) is 12.5. The predicted octanol–water partition coefficient (Wildman–Crippen LogP) is 2.64. The Labute approximate surface area is 148 Å². The van der Waals surface area contributed by atoms with Crippen molar-refractivity contribution >= 4 is 6.09 Å². The van der Waals surface area contributed by atoms with Crippen LogP contribution in [0.3, 0.4) is 0 Å². The first-order chi connectivity index (χ1) is 12.6. The third-order valence-corrected chi connectivity index (χ3v) is 4.65. The van der Waals surface area contributed by atoms with E-state index in [0.29, 0.717) is 0 Å². The average molecular weight is 348 g/mol. The summed E-state index contributed by atoms with van der Waals surface area (Å²) in [5.74, 6) is -0.0917. The summed E-state index contributed by atoms with van der Waals surface area (Å²) < 4.78 is 6.18. The number of aromatic nitrogens is 2.